The van der Waals surface area contributed by atoms with Crippen molar-refractivity contribution < 1.29 is 14.4 Å². The van der Waals surface area contributed by atoms with Crippen molar-refractivity contribution >= 4 is 17.8 Å². The Labute approximate surface area is 81.8 Å². The van der Waals surface area contributed by atoms with Crippen LogP contribution in [0.25, 0.3) is 0 Å². The van der Waals surface area contributed by atoms with Gasteiger partial charge in [-0.25, -0.2) is 4.79 Å². The van der Waals surface area contributed by atoms with Crippen LogP contribution < -0.4 is 5.32 Å². The van der Waals surface area contributed by atoms with Gasteiger partial charge in [0.25, 0.3) is 0 Å². The van der Waals surface area contributed by atoms with Gasteiger partial charge in [0.2, 0.25) is 0 Å². The lowest BCUT2D eigenvalue weighted by Gasteiger charge is -2.08. The zero-order chi connectivity index (χ0) is 10.7. The van der Waals surface area contributed by atoms with Gasteiger partial charge >= 0.3 is 17.8 Å². The molecule has 0 bridgehead atoms. The van der Waals surface area contributed by atoms with E-state index in [-0.39, 0.29) is 6.54 Å². The van der Waals surface area contributed by atoms with Crippen LogP contribution in [-0.2, 0) is 9.59 Å². The summed E-state index contributed by atoms with van der Waals surface area (Å²) in [4.78, 5) is 33.8. The normalized spacial score (nSPS) is 15.9. The quantitative estimate of drug-likeness (QED) is 0.404. The van der Waals surface area contributed by atoms with Crippen molar-refractivity contribution in [3.05, 3.63) is 11.6 Å². The van der Waals surface area contributed by atoms with Gasteiger partial charge in [0, 0.05) is 6.54 Å². The number of nitrogens with zero attached hydrogens (tertiary/aromatic N) is 1. The molecule has 0 aliphatic carbocycles. The van der Waals surface area contributed by atoms with E-state index >= 15 is 0 Å². The summed E-state index contributed by atoms with van der Waals surface area (Å²) in [6.45, 7) is 4.11. The first-order valence-corrected chi connectivity index (χ1v) is 4.32. The minimum absolute atomic E-state index is 0.252. The Kier molecular flexibility index (Phi) is 3.01. The Morgan fingerprint density at radius 2 is 2.00 bits per heavy atom. The third-order valence-electron chi connectivity index (χ3n) is 1.81. The minimum atomic E-state index is -0.841. The summed E-state index contributed by atoms with van der Waals surface area (Å²) in [5.41, 5.74) is 1.11. The first kappa shape index (κ1) is 10.4. The lowest BCUT2D eigenvalue weighted by Crippen LogP contribution is -2.31. The second-order valence-electron chi connectivity index (χ2n) is 3.29. The zero-order valence-electron chi connectivity index (χ0n) is 8.16. The van der Waals surface area contributed by atoms with Gasteiger partial charge in [-0.15, -0.1) is 0 Å². The number of rotatable bonds is 3. The van der Waals surface area contributed by atoms with E-state index in [1.807, 2.05) is 25.2 Å². The van der Waals surface area contributed by atoms with Crippen LogP contribution in [0.3, 0.4) is 0 Å². The number of urea groups is 1. The van der Waals surface area contributed by atoms with Gasteiger partial charge < -0.3 is 0 Å². The number of carbonyl (C=O) groups is 3. The maximum atomic E-state index is 11.1. The molecule has 1 fully saturated rings. The van der Waals surface area contributed by atoms with E-state index in [1.54, 1.807) is 0 Å². The summed E-state index contributed by atoms with van der Waals surface area (Å²) < 4.78 is 0. The van der Waals surface area contributed by atoms with E-state index in [0.29, 0.717) is 6.42 Å². The molecule has 1 N–H and O–H groups in total. The molecule has 0 aromatic heterocycles. The maximum Gasteiger partial charge on any atom is 0.331 e. The number of allylic oxidation sites excluding steroid dienone is 1. The second kappa shape index (κ2) is 4.04. The summed E-state index contributed by atoms with van der Waals surface area (Å²) >= 11 is 0. The van der Waals surface area contributed by atoms with Gasteiger partial charge in [0.15, 0.2) is 0 Å². The summed E-state index contributed by atoms with van der Waals surface area (Å²) in [6, 6.07) is -0.623. The molecule has 1 aliphatic heterocycles. The van der Waals surface area contributed by atoms with Crippen LogP contribution in [0.1, 0.15) is 20.3 Å². The van der Waals surface area contributed by atoms with E-state index < -0.39 is 17.8 Å². The van der Waals surface area contributed by atoms with E-state index in [2.05, 4.69) is 0 Å². The highest BCUT2D eigenvalue weighted by Gasteiger charge is 2.35. The molecule has 14 heavy (non-hydrogen) atoms. The summed E-state index contributed by atoms with van der Waals surface area (Å²) in [5, 5.41) is 1.93. The van der Waals surface area contributed by atoms with Gasteiger partial charge in [0.1, 0.15) is 0 Å². The number of nitrogens with one attached hydrogen (secondary N) is 1. The largest absolute Gasteiger partial charge is 0.331 e. The second-order valence-corrected chi connectivity index (χ2v) is 3.29. The Balaban J connectivity index is 2.53. The molecule has 0 aromatic rings. The SMILES string of the molecule is CC(C)=CCCN1C(=O)NC(=O)C1=O. The van der Waals surface area contributed by atoms with Crippen molar-refractivity contribution in [3.63, 3.8) is 0 Å². The van der Waals surface area contributed by atoms with Crippen LogP contribution in [-0.4, -0.2) is 29.3 Å². The highest BCUT2D eigenvalue weighted by Crippen LogP contribution is 2.03. The highest BCUT2D eigenvalue weighted by molar-refractivity contribution is 6.44. The molecular formula is C9H12N2O3. The van der Waals surface area contributed by atoms with E-state index in [9.17, 15) is 14.4 Å². The maximum absolute atomic E-state index is 11.1. The monoisotopic (exact) mass is 196 g/mol. The van der Waals surface area contributed by atoms with Crippen LogP contribution in [0.5, 0.6) is 0 Å². The van der Waals surface area contributed by atoms with Crippen LogP contribution in [0.4, 0.5) is 4.79 Å². The number of imide groups is 2. The molecule has 76 valence electrons. The van der Waals surface area contributed by atoms with Crippen molar-refractivity contribution in [2.24, 2.45) is 0 Å². The van der Waals surface area contributed by atoms with Crippen molar-refractivity contribution in [1.82, 2.24) is 10.2 Å². The van der Waals surface area contributed by atoms with Gasteiger partial charge in [0.05, 0.1) is 0 Å². The Morgan fingerprint density at radius 1 is 1.36 bits per heavy atom. The topological polar surface area (TPSA) is 66.5 Å². The smallest absolute Gasteiger partial charge is 0.269 e. The first-order valence-electron chi connectivity index (χ1n) is 4.32. The Hall–Kier alpha value is -1.65. The van der Waals surface area contributed by atoms with Gasteiger partial charge in [-0.1, -0.05) is 11.6 Å². The van der Waals surface area contributed by atoms with E-state index in [4.69, 9.17) is 0 Å². The minimum Gasteiger partial charge on any atom is -0.269 e. The number of hydrogen-bond acceptors (Lipinski definition) is 3. The third kappa shape index (κ3) is 2.18. The summed E-state index contributed by atoms with van der Waals surface area (Å²) in [7, 11) is 0. The van der Waals surface area contributed by atoms with Crippen LogP contribution >= 0.6 is 0 Å². The van der Waals surface area contributed by atoms with Crippen LogP contribution in [0.2, 0.25) is 0 Å². The van der Waals surface area contributed by atoms with E-state index in [1.165, 1.54) is 0 Å². The fourth-order valence-electron chi connectivity index (χ4n) is 1.12. The van der Waals surface area contributed by atoms with Crippen molar-refractivity contribution in [1.29, 1.82) is 0 Å². The molecule has 1 aliphatic rings. The average Bonchev–Trinajstić information content (AvgIpc) is 2.31. The standard InChI is InChI=1S/C9H12N2O3/c1-6(2)4-3-5-11-8(13)7(12)10-9(11)14/h4H,3,5H2,1-2H3,(H,10,12,14). The van der Waals surface area contributed by atoms with Crippen molar-refractivity contribution in [3.8, 4) is 0 Å². The molecule has 5 nitrogen and oxygen atoms in total. The molecule has 0 radical (unpaired) electrons. The zero-order valence-corrected chi connectivity index (χ0v) is 8.16. The Morgan fingerprint density at radius 3 is 2.43 bits per heavy atom. The first-order chi connectivity index (χ1) is 6.52. The third-order valence-corrected chi connectivity index (χ3v) is 1.81. The molecule has 4 amide bonds. The highest BCUT2D eigenvalue weighted by atomic mass is 16.2. The van der Waals surface area contributed by atoms with E-state index in [0.717, 1.165) is 10.5 Å². The lowest BCUT2D eigenvalue weighted by molar-refractivity contribution is -0.140. The molecule has 1 rings (SSSR count). The molecule has 1 saturated heterocycles. The number of amides is 4. The van der Waals surface area contributed by atoms with Gasteiger partial charge in [-0.2, -0.15) is 0 Å². The molecule has 0 aromatic carbocycles. The van der Waals surface area contributed by atoms with Crippen LogP contribution in [0.15, 0.2) is 11.6 Å². The summed E-state index contributed by atoms with van der Waals surface area (Å²) in [6.07, 6.45) is 2.48. The molecule has 0 atom stereocenters. The molecule has 0 unspecified atom stereocenters. The Bertz CT molecular complexity index is 316. The molecule has 0 saturated carbocycles. The van der Waals surface area contributed by atoms with Crippen molar-refractivity contribution in [2.75, 3.05) is 6.54 Å². The number of hydrogen-bond donors (Lipinski definition) is 1. The molecule has 5 heteroatoms. The van der Waals surface area contributed by atoms with Crippen molar-refractivity contribution in [2.45, 2.75) is 20.3 Å². The predicted octanol–water partition coefficient (Wildman–Crippen LogP) is 0.421. The fourth-order valence-corrected chi connectivity index (χ4v) is 1.12. The molecule has 1 heterocycles. The number of carbonyl (C=O) groups excluding carboxylic acids is 3. The molecule has 0 spiro atoms. The average molecular weight is 196 g/mol. The van der Waals surface area contributed by atoms with Gasteiger partial charge in [-0.05, 0) is 20.3 Å². The lowest BCUT2D eigenvalue weighted by atomic mass is 10.2. The van der Waals surface area contributed by atoms with Gasteiger partial charge in [-0.3, -0.25) is 19.8 Å². The van der Waals surface area contributed by atoms with Crippen LogP contribution in [0, 0.1) is 0 Å². The predicted molar refractivity (Wildman–Crippen MR) is 49.3 cm³/mol. The fraction of sp³-hybridized carbons (Fsp3) is 0.444. The molecular weight excluding hydrogens is 184 g/mol. The summed E-state index contributed by atoms with van der Waals surface area (Å²) in [5.74, 6) is -1.61.